The third-order valence-electron chi connectivity index (χ3n) is 4.89. The molecule has 4 nitrogen and oxygen atoms in total. The highest BCUT2D eigenvalue weighted by atomic mass is 79.9. The lowest BCUT2D eigenvalue weighted by Gasteiger charge is -2.18. The molecule has 0 spiro atoms. The second-order valence-electron chi connectivity index (χ2n) is 7.77. The molecule has 2 aromatic rings. The predicted molar refractivity (Wildman–Crippen MR) is 134 cm³/mol. The minimum absolute atomic E-state index is 0.0516. The fraction of sp³-hybridized carbons (Fsp3) is 0.304. The van der Waals surface area contributed by atoms with E-state index in [0.29, 0.717) is 5.56 Å². The van der Waals surface area contributed by atoms with Crippen LogP contribution in [0.1, 0.15) is 40.7 Å². The predicted octanol–water partition coefficient (Wildman–Crippen LogP) is 7.96. The van der Waals surface area contributed by atoms with Crippen molar-refractivity contribution < 1.29 is 35.9 Å². The summed E-state index contributed by atoms with van der Waals surface area (Å²) in [4.78, 5) is 24.4. The molecule has 0 aliphatic carbocycles. The van der Waals surface area contributed by atoms with Gasteiger partial charge in [-0.05, 0) is 58.2 Å². The van der Waals surface area contributed by atoms with Crippen LogP contribution >= 0.6 is 50.7 Å². The summed E-state index contributed by atoms with van der Waals surface area (Å²) in [5, 5.41) is 4.09. The van der Waals surface area contributed by atoms with Crippen molar-refractivity contribution in [3.05, 3.63) is 72.6 Å². The molecule has 0 aliphatic heterocycles. The van der Waals surface area contributed by atoms with Crippen molar-refractivity contribution in [2.45, 2.75) is 37.7 Å². The first kappa shape index (κ1) is 31.3. The Balaban J connectivity index is 2.15. The van der Waals surface area contributed by atoms with E-state index in [0.717, 1.165) is 18.2 Å². The Morgan fingerprint density at radius 1 is 1.03 bits per heavy atom. The standard InChI is InChI=1S/C23H18BrCl3F6N2O2/c1-11(20(36)34-7-6-22(28,29)30)35-21(37)14-4-2-12(8-16(14)24)3-5-15(23(31,32)33)13-9-17(25)19(27)18(26)10-13/h2-5,8-11,15H,6-7H2,1H3,(H,34,36)(H,35,37)/b5-3+. The lowest BCUT2D eigenvalue weighted by atomic mass is 9.97. The van der Waals surface area contributed by atoms with Crippen LogP contribution in [-0.2, 0) is 4.79 Å². The zero-order chi connectivity index (χ0) is 28.1. The maximum atomic E-state index is 13.7. The van der Waals surface area contributed by atoms with E-state index in [1.165, 1.54) is 31.2 Å². The van der Waals surface area contributed by atoms with Crippen molar-refractivity contribution in [1.29, 1.82) is 0 Å². The molecule has 0 radical (unpaired) electrons. The number of amides is 2. The summed E-state index contributed by atoms with van der Waals surface area (Å²) in [7, 11) is 0. The summed E-state index contributed by atoms with van der Waals surface area (Å²) in [6.45, 7) is 0.652. The summed E-state index contributed by atoms with van der Waals surface area (Å²) < 4.78 is 78.0. The van der Waals surface area contributed by atoms with Gasteiger partial charge in [0.25, 0.3) is 5.91 Å². The summed E-state index contributed by atoms with van der Waals surface area (Å²) in [5.74, 6) is -3.59. The van der Waals surface area contributed by atoms with Crippen LogP contribution < -0.4 is 10.6 Å². The minimum Gasteiger partial charge on any atom is -0.354 e. The number of benzene rings is 2. The molecule has 2 amide bonds. The summed E-state index contributed by atoms with van der Waals surface area (Å²) in [5.41, 5.74) is 0.137. The van der Waals surface area contributed by atoms with Gasteiger partial charge in [0.2, 0.25) is 5.91 Å². The molecular formula is C23H18BrCl3F6N2O2. The van der Waals surface area contributed by atoms with Gasteiger partial charge in [0.05, 0.1) is 33.0 Å². The summed E-state index contributed by atoms with van der Waals surface area (Å²) in [6.07, 6.45) is -8.24. The van der Waals surface area contributed by atoms with Crippen molar-refractivity contribution >= 4 is 68.6 Å². The van der Waals surface area contributed by atoms with Crippen LogP contribution in [0.3, 0.4) is 0 Å². The van der Waals surface area contributed by atoms with E-state index in [2.05, 4.69) is 26.6 Å². The number of rotatable bonds is 8. The molecule has 0 fully saturated rings. The third kappa shape index (κ3) is 9.38. The van der Waals surface area contributed by atoms with Crippen molar-refractivity contribution in [1.82, 2.24) is 10.6 Å². The summed E-state index contributed by atoms with van der Waals surface area (Å²) >= 11 is 20.7. The number of hydrogen-bond donors (Lipinski definition) is 2. The van der Waals surface area contributed by atoms with Crippen LogP contribution in [0.2, 0.25) is 15.1 Å². The molecule has 14 heteroatoms. The SMILES string of the molecule is CC(NC(=O)c1ccc(/C=C/C(c2cc(Cl)c(Cl)c(Cl)c2)C(F)(F)F)cc1Br)C(=O)NCCC(F)(F)F. The van der Waals surface area contributed by atoms with Gasteiger partial charge >= 0.3 is 12.4 Å². The van der Waals surface area contributed by atoms with Crippen LogP contribution in [0.5, 0.6) is 0 Å². The van der Waals surface area contributed by atoms with Gasteiger partial charge in [-0.15, -0.1) is 0 Å². The van der Waals surface area contributed by atoms with Crippen molar-refractivity contribution in [2.24, 2.45) is 0 Å². The number of hydrogen-bond acceptors (Lipinski definition) is 2. The van der Waals surface area contributed by atoms with E-state index < -0.39 is 49.1 Å². The van der Waals surface area contributed by atoms with Gasteiger partial charge in [0, 0.05) is 11.0 Å². The highest BCUT2D eigenvalue weighted by Gasteiger charge is 2.39. The molecule has 0 saturated carbocycles. The number of allylic oxidation sites excluding steroid dienone is 1. The Morgan fingerprint density at radius 2 is 1.62 bits per heavy atom. The number of nitrogens with one attached hydrogen (secondary N) is 2. The lowest BCUT2D eigenvalue weighted by Crippen LogP contribution is -2.45. The van der Waals surface area contributed by atoms with Gasteiger partial charge in [0.15, 0.2) is 0 Å². The van der Waals surface area contributed by atoms with Gasteiger partial charge in [-0.1, -0.05) is 53.0 Å². The lowest BCUT2D eigenvalue weighted by molar-refractivity contribution is -0.139. The van der Waals surface area contributed by atoms with Crippen LogP contribution in [0.25, 0.3) is 6.08 Å². The minimum atomic E-state index is -4.68. The molecule has 2 N–H and O–H groups in total. The smallest absolute Gasteiger partial charge is 0.354 e. The average molecular weight is 655 g/mol. The molecule has 0 aromatic heterocycles. The van der Waals surface area contributed by atoms with E-state index in [1.807, 2.05) is 0 Å². The van der Waals surface area contributed by atoms with Crippen molar-refractivity contribution in [3.63, 3.8) is 0 Å². The van der Waals surface area contributed by atoms with Gasteiger partial charge < -0.3 is 10.6 Å². The average Bonchev–Trinajstić information content (AvgIpc) is 2.75. The Morgan fingerprint density at radius 3 is 2.14 bits per heavy atom. The van der Waals surface area contributed by atoms with E-state index >= 15 is 0 Å². The Kier molecular flexibility index (Phi) is 10.8. The first-order chi connectivity index (χ1) is 17.0. The zero-order valence-electron chi connectivity index (χ0n) is 18.7. The van der Waals surface area contributed by atoms with E-state index in [9.17, 15) is 35.9 Å². The fourth-order valence-corrected chi connectivity index (χ4v) is 4.20. The van der Waals surface area contributed by atoms with Crippen LogP contribution in [0, 0.1) is 0 Å². The quantitative estimate of drug-likeness (QED) is 0.224. The molecule has 0 aliphatic rings. The monoisotopic (exact) mass is 652 g/mol. The highest BCUT2D eigenvalue weighted by Crippen LogP contribution is 2.41. The summed E-state index contributed by atoms with van der Waals surface area (Å²) in [6, 6.07) is 5.07. The molecule has 2 atom stereocenters. The second-order valence-corrected chi connectivity index (χ2v) is 9.81. The zero-order valence-corrected chi connectivity index (χ0v) is 22.6. The van der Waals surface area contributed by atoms with Crippen LogP contribution in [0.15, 0.2) is 40.9 Å². The first-order valence-corrected chi connectivity index (χ1v) is 12.3. The number of alkyl halides is 6. The Bertz CT molecular complexity index is 1170. The molecule has 0 bridgehead atoms. The van der Waals surface area contributed by atoms with Gasteiger partial charge in [0.1, 0.15) is 6.04 Å². The molecule has 202 valence electrons. The largest absolute Gasteiger partial charge is 0.399 e. The normalized spacial score (nSPS) is 13.9. The highest BCUT2D eigenvalue weighted by molar-refractivity contribution is 9.10. The second kappa shape index (κ2) is 12.7. The molecule has 0 saturated heterocycles. The molecule has 2 rings (SSSR count). The Labute approximate surface area is 231 Å². The van der Waals surface area contributed by atoms with E-state index in [-0.39, 0.29) is 30.7 Å². The van der Waals surface area contributed by atoms with Crippen molar-refractivity contribution in [3.8, 4) is 0 Å². The molecule has 2 unspecified atom stereocenters. The fourth-order valence-electron chi connectivity index (χ4n) is 3.01. The van der Waals surface area contributed by atoms with Crippen LogP contribution in [0.4, 0.5) is 26.3 Å². The topological polar surface area (TPSA) is 58.2 Å². The first-order valence-electron chi connectivity index (χ1n) is 10.3. The van der Waals surface area contributed by atoms with Gasteiger partial charge in [-0.3, -0.25) is 9.59 Å². The van der Waals surface area contributed by atoms with Gasteiger partial charge in [-0.25, -0.2) is 0 Å². The molecule has 0 heterocycles. The molecule has 37 heavy (non-hydrogen) atoms. The number of carbonyl (C=O) groups excluding carboxylic acids is 2. The Hall–Kier alpha value is -1.95. The molecule has 2 aromatic carbocycles. The number of carbonyl (C=O) groups is 2. The van der Waals surface area contributed by atoms with Crippen LogP contribution in [-0.4, -0.2) is 36.8 Å². The third-order valence-corrected chi connectivity index (χ3v) is 6.74. The number of halogens is 10. The maximum absolute atomic E-state index is 13.7. The van der Waals surface area contributed by atoms with E-state index in [4.69, 9.17) is 34.8 Å². The van der Waals surface area contributed by atoms with Crippen molar-refractivity contribution in [2.75, 3.05) is 6.54 Å². The van der Waals surface area contributed by atoms with E-state index in [1.54, 1.807) is 0 Å². The molecular weight excluding hydrogens is 637 g/mol. The van der Waals surface area contributed by atoms with Gasteiger partial charge in [-0.2, -0.15) is 26.3 Å². The maximum Gasteiger partial charge on any atom is 0.399 e.